The third kappa shape index (κ3) is 4.29. The fourth-order valence-corrected chi connectivity index (χ4v) is 4.15. The Balaban J connectivity index is 1.42. The quantitative estimate of drug-likeness (QED) is 0.632. The van der Waals surface area contributed by atoms with Crippen molar-refractivity contribution < 1.29 is 4.79 Å². The predicted molar refractivity (Wildman–Crippen MR) is 118 cm³/mol. The predicted octanol–water partition coefficient (Wildman–Crippen LogP) is 4.25. The van der Waals surface area contributed by atoms with Gasteiger partial charge < -0.3 is 14.4 Å². The molecule has 152 valence electrons. The molecule has 1 saturated heterocycles. The molecule has 0 bridgehead atoms. The summed E-state index contributed by atoms with van der Waals surface area (Å²) >= 11 is 0. The minimum absolute atomic E-state index is 0.1000. The summed E-state index contributed by atoms with van der Waals surface area (Å²) in [6, 6.07) is 16.7. The Kier molecular flexibility index (Phi) is 5.84. The number of carbonyl (C=O) groups excluding carboxylic acids is 1. The van der Waals surface area contributed by atoms with Crippen molar-refractivity contribution >= 4 is 22.6 Å². The number of benzene rings is 2. The molecule has 1 aromatic heterocycles. The van der Waals surface area contributed by atoms with E-state index in [1.807, 2.05) is 40.8 Å². The first-order chi connectivity index (χ1) is 14.2. The number of piperidine rings is 1. The Bertz CT molecular complexity index is 970. The van der Waals surface area contributed by atoms with E-state index >= 15 is 0 Å². The molecule has 3 aromatic rings. The summed E-state index contributed by atoms with van der Waals surface area (Å²) in [6.07, 6.45) is 4.71. The molecule has 29 heavy (non-hydrogen) atoms. The lowest BCUT2D eigenvalue weighted by Gasteiger charge is -2.29. The Morgan fingerprint density at radius 3 is 2.48 bits per heavy atom. The van der Waals surface area contributed by atoms with Crippen molar-refractivity contribution in [3.05, 3.63) is 59.9 Å². The number of nitrogens with zero attached hydrogens (tertiary/aromatic N) is 4. The van der Waals surface area contributed by atoms with Crippen molar-refractivity contribution in [2.24, 2.45) is 0 Å². The molecule has 0 N–H and O–H groups in total. The van der Waals surface area contributed by atoms with E-state index in [4.69, 9.17) is 0 Å². The van der Waals surface area contributed by atoms with Gasteiger partial charge in [0.15, 0.2) is 0 Å². The zero-order valence-electron chi connectivity index (χ0n) is 17.5. The van der Waals surface area contributed by atoms with Crippen LogP contribution in [0.1, 0.15) is 37.6 Å². The van der Waals surface area contributed by atoms with Crippen LogP contribution in [0.2, 0.25) is 0 Å². The fraction of sp³-hybridized carbons (Fsp3) is 0.417. The zero-order chi connectivity index (χ0) is 20.2. The van der Waals surface area contributed by atoms with Gasteiger partial charge in [-0.15, -0.1) is 0 Å². The monoisotopic (exact) mass is 390 g/mol. The van der Waals surface area contributed by atoms with Crippen molar-refractivity contribution in [3.8, 4) is 0 Å². The second kappa shape index (κ2) is 8.68. The van der Waals surface area contributed by atoms with Crippen LogP contribution in [0, 0.1) is 0 Å². The van der Waals surface area contributed by atoms with Gasteiger partial charge in [-0.25, -0.2) is 4.98 Å². The topological polar surface area (TPSA) is 41.4 Å². The second-order valence-corrected chi connectivity index (χ2v) is 7.92. The Hall–Kier alpha value is -2.82. The first-order valence-electron chi connectivity index (χ1n) is 10.7. The highest BCUT2D eigenvalue weighted by molar-refractivity contribution is 5.81. The molecule has 0 saturated carbocycles. The van der Waals surface area contributed by atoms with E-state index in [9.17, 15) is 4.79 Å². The van der Waals surface area contributed by atoms with Crippen LogP contribution in [0.4, 0.5) is 5.69 Å². The lowest BCUT2D eigenvalue weighted by Crippen LogP contribution is -2.30. The molecule has 5 heteroatoms. The molecular formula is C24H30N4O. The molecule has 4 rings (SSSR count). The second-order valence-electron chi connectivity index (χ2n) is 7.92. The van der Waals surface area contributed by atoms with E-state index in [0.29, 0.717) is 13.1 Å². The van der Waals surface area contributed by atoms with E-state index in [1.165, 1.54) is 24.9 Å². The van der Waals surface area contributed by atoms with Crippen LogP contribution in [0.3, 0.4) is 0 Å². The molecular weight excluding hydrogens is 360 g/mol. The standard InChI is InChI=1S/C24H30N4O/c1-3-23-25-21-9-5-6-10-22(21)28(23)18-24(29)26(2)17-19-11-13-20(14-12-19)27-15-7-4-8-16-27/h5-6,9-14H,3-4,7-8,15-18H2,1-2H3. The summed E-state index contributed by atoms with van der Waals surface area (Å²) in [5.74, 6) is 1.06. The molecule has 1 aliphatic rings. The Morgan fingerprint density at radius 2 is 1.76 bits per heavy atom. The molecule has 2 aromatic carbocycles. The average Bonchev–Trinajstić information content (AvgIpc) is 3.12. The number of amides is 1. The van der Waals surface area contributed by atoms with Crippen LogP contribution in [-0.4, -0.2) is 40.5 Å². The maximum atomic E-state index is 12.9. The van der Waals surface area contributed by atoms with Crippen molar-refractivity contribution in [2.75, 3.05) is 25.0 Å². The van der Waals surface area contributed by atoms with E-state index in [0.717, 1.165) is 41.9 Å². The minimum atomic E-state index is 0.1000. The van der Waals surface area contributed by atoms with E-state index in [2.05, 4.69) is 41.1 Å². The Morgan fingerprint density at radius 1 is 1.03 bits per heavy atom. The number of hydrogen-bond acceptors (Lipinski definition) is 3. The lowest BCUT2D eigenvalue weighted by atomic mass is 10.1. The summed E-state index contributed by atoms with van der Waals surface area (Å²) in [5.41, 5.74) is 4.43. The number of aromatic nitrogens is 2. The summed E-state index contributed by atoms with van der Waals surface area (Å²) in [4.78, 5) is 21.8. The lowest BCUT2D eigenvalue weighted by molar-refractivity contribution is -0.131. The molecule has 1 aliphatic heterocycles. The molecule has 0 spiro atoms. The summed E-state index contributed by atoms with van der Waals surface area (Å²) in [7, 11) is 1.88. The van der Waals surface area contributed by atoms with Gasteiger partial charge in [0.1, 0.15) is 12.4 Å². The maximum absolute atomic E-state index is 12.9. The van der Waals surface area contributed by atoms with Crippen LogP contribution in [-0.2, 0) is 24.3 Å². The van der Waals surface area contributed by atoms with Crippen molar-refractivity contribution in [3.63, 3.8) is 0 Å². The molecule has 0 aliphatic carbocycles. The van der Waals surface area contributed by atoms with E-state index in [-0.39, 0.29) is 5.91 Å². The van der Waals surface area contributed by atoms with Gasteiger partial charge in [0.2, 0.25) is 5.91 Å². The van der Waals surface area contributed by atoms with Crippen LogP contribution in [0.25, 0.3) is 11.0 Å². The zero-order valence-corrected chi connectivity index (χ0v) is 17.5. The molecule has 2 heterocycles. The van der Waals surface area contributed by atoms with Crippen LogP contribution in [0.5, 0.6) is 0 Å². The molecule has 1 amide bonds. The van der Waals surface area contributed by atoms with Crippen molar-refractivity contribution in [2.45, 2.75) is 45.7 Å². The average molecular weight is 391 g/mol. The number of para-hydroxylation sites is 2. The molecule has 0 unspecified atom stereocenters. The summed E-state index contributed by atoms with van der Waals surface area (Å²) < 4.78 is 2.05. The van der Waals surface area contributed by atoms with Crippen molar-refractivity contribution in [1.29, 1.82) is 0 Å². The van der Waals surface area contributed by atoms with E-state index in [1.54, 1.807) is 0 Å². The molecule has 1 fully saturated rings. The van der Waals surface area contributed by atoms with Crippen molar-refractivity contribution in [1.82, 2.24) is 14.5 Å². The van der Waals surface area contributed by atoms with Gasteiger partial charge in [-0.2, -0.15) is 0 Å². The van der Waals surface area contributed by atoms with Gasteiger partial charge in [-0.3, -0.25) is 4.79 Å². The van der Waals surface area contributed by atoms with Gasteiger partial charge in [-0.1, -0.05) is 31.2 Å². The SMILES string of the molecule is CCc1nc2ccccc2n1CC(=O)N(C)Cc1ccc(N2CCCCC2)cc1. The maximum Gasteiger partial charge on any atom is 0.242 e. The number of hydrogen-bond donors (Lipinski definition) is 0. The highest BCUT2D eigenvalue weighted by Crippen LogP contribution is 2.21. The van der Waals surface area contributed by atoms with Gasteiger partial charge in [0.05, 0.1) is 11.0 Å². The Labute approximate surface area is 172 Å². The number of imidazole rings is 1. The van der Waals surface area contributed by atoms with E-state index < -0.39 is 0 Å². The minimum Gasteiger partial charge on any atom is -0.372 e. The molecule has 5 nitrogen and oxygen atoms in total. The fourth-order valence-electron chi connectivity index (χ4n) is 4.15. The highest BCUT2D eigenvalue weighted by atomic mass is 16.2. The third-order valence-corrected chi connectivity index (χ3v) is 5.85. The third-order valence-electron chi connectivity index (χ3n) is 5.85. The summed E-state index contributed by atoms with van der Waals surface area (Å²) in [5, 5.41) is 0. The number of carbonyl (C=O) groups is 1. The largest absolute Gasteiger partial charge is 0.372 e. The highest BCUT2D eigenvalue weighted by Gasteiger charge is 2.16. The summed E-state index contributed by atoms with van der Waals surface area (Å²) in [6.45, 7) is 5.32. The van der Waals surface area contributed by atoms with Crippen LogP contribution in [0.15, 0.2) is 48.5 Å². The van der Waals surface area contributed by atoms with Gasteiger partial charge in [-0.05, 0) is 49.1 Å². The molecule has 0 atom stereocenters. The smallest absolute Gasteiger partial charge is 0.242 e. The first-order valence-corrected chi connectivity index (χ1v) is 10.7. The first kappa shape index (κ1) is 19.5. The van der Waals surface area contributed by atoms with Crippen LogP contribution >= 0.6 is 0 Å². The number of likely N-dealkylation sites (N-methyl/N-ethyl adjacent to an activating group) is 1. The van der Waals surface area contributed by atoms with Gasteiger partial charge in [0.25, 0.3) is 0 Å². The number of fused-ring (bicyclic) bond motifs is 1. The van der Waals surface area contributed by atoms with Crippen LogP contribution < -0.4 is 4.90 Å². The molecule has 0 radical (unpaired) electrons. The normalized spacial score (nSPS) is 14.3. The number of anilines is 1. The number of rotatable bonds is 6. The van der Waals surface area contributed by atoms with Gasteiger partial charge in [0, 0.05) is 38.8 Å². The number of aryl methyl sites for hydroxylation is 1. The van der Waals surface area contributed by atoms with Gasteiger partial charge >= 0.3 is 0 Å².